The largest absolute Gasteiger partial charge is 0.377 e. The van der Waals surface area contributed by atoms with E-state index < -0.39 is 0 Å². The van der Waals surface area contributed by atoms with Gasteiger partial charge in [0, 0.05) is 44.1 Å². The Balaban J connectivity index is 1.60. The first kappa shape index (κ1) is 20.0. The van der Waals surface area contributed by atoms with Gasteiger partial charge < -0.3 is 15.1 Å². The van der Waals surface area contributed by atoms with Gasteiger partial charge in [0.2, 0.25) is 0 Å². The molecule has 4 rings (SSSR count). The van der Waals surface area contributed by atoms with Crippen LogP contribution in [0, 0.1) is 0 Å². The van der Waals surface area contributed by atoms with Crippen LogP contribution in [-0.2, 0) is 0 Å². The third-order valence-electron chi connectivity index (χ3n) is 5.62. The van der Waals surface area contributed by atoms with E-state index in [1.807, 2.05) is 78.5 Å². The average molecular weight is 402 g/mol. The summed E-state index contributed by atoms with van der Waals surface area (Å²) < 4.78 is 0. The van der Waals surface area contributed by atoms with Crippen molar-refractivity contribution < 1.29 is 9.59 Å². The number of benzene rings is 3. The summed E-state index contributed by atoms with van der Waals surface area (Å²) in [5.74, 6) is -0.157. The number of carbonyl (C=O) groups excluding carboxylic acids is 2. The second-order valence-electron chi connectivity index (χ2n) is 8.00. The molecule has 0 saturated carbocycles. The van der Waals surface area contributed by atoms with Crippen LogP contribution >= 0.6 is 0 Å². The number of piperidine rings is 1. The van der Waals surface area contributed by atoms with Crippen LogP contribution in [0.15, 0.2) is 60.7 Å². The molecule has 154 valence electrons. The molecule has 2 amide bonds. The first-order chi connectivity index (χ1) is 14.5. The Morgan fingerprint density at radius 2 is 1.60 bits per heavy atom. The van der Waals surface area contributed by atoms with E-state index >= 15 is 0 Å². The molecule has 1 N–H and O–H groups in total. The molecule has 0 aromatic heterocycles. The number of anilines is 2. The number of likely N-dealkylation sites (tertiary alicyclic amines) is 1. The topological polar surface area (TPSA) is 52.7 Å². The fourth-order valence-corrected chi connectivity index (χ4v) is 3.98. The summed E-state index contributed by atoms with van der Waals surface area (Å²) in [6, 6.07) is 19.2. The molecular formula is C25H27N3O2. The summed E-state index contributed by atoms with van der Waals surface area (Å²) in [6.45, 7) is 1.58. The number of rotatable bonds is 4. The number of carbonyl (C=O) groups is 2. The minimum atomic E-state index is -0.185. The predicted octanol–water partition coefficient (Wildman–Crippen LogP) is 4.78. The van der Waals surface area contributed by atoms with Crippen molar-refractivity contribution in [2.75, 3.05) is 37.4 Å². The Kier molecular flexibility index (Phi) is 5.70. The van der Waals surface area contributed by atoms with E-state index in [9.17, 15) is 9.59 Å². The molecule has 1 saturated heterocycles. The standard InChI is InChI=1S/C25H27N3O2/c1-27(2)23-13-12-21(17-22(23)25(30)28-14-6-3-7-15-28)26-24(29)20-11-10-18-8-4-5-9-19(18)16-20/h4-5,8-13,16-17H,3,6-7,14-15H2,1-2H3,(H,26,29). The van der Waals surface area contributed by atoms with E-state index in [0.717, 1.165) is 42.4 Å². The van der Waals surface area contributed by atoms with E-state index in [1.54, 1.807) is 6.07 Å². The van der Waals surface area contributed by atoms with Crippen molar-refractivity contribution in [3.63, 3.8) is 0 Å². The van der Waals surface area contributed by atoms with Crippen LogP contribution in [0.3, 0.4) is 0 Å². The Labute approximate surface area is 177 Å². The van der Waals surface area contributed by atoms with Gasteiger partial charge in [-0.25, -0.2) is 0 Å². The monoisotopic (exact) mass is 401 g/mol. The lowest BCUT2D eigenvalue weighted by Gasteiger charge is -2.28. The highest BCUT2D eigenvalue weighted by atomic mass is 16.2. The lowest BCUT2D eigenvalue weighted by molar-refractivity contribution is 0.0724. The third-order valence-corrected chi connectivity index (χ3v) is 5.62. The maximum absolute atomic E-state index is 13.2. The third kappa shape index (κ3) is 4.15. The highest BCUT2D eigenvalue weighted by Gasteiger charge is 2.22. The molecule has 1 aliphatic rings. The zero-order chi connectivity index (χ0) is 21.1. The highest BCUT2D eigenvalue weighted by Crippen LogP contribution is 2.26. The second-order valence-corrected chi connectivity index (χ2v) is 8.00. The molecular weight excluding hydrogens is 374 g/mol. The van der Waals surface area contributed by atoms with Crippen molar-refractivity contribution in [3.05, 3.63) is 71.8 Å². The van der Waals surface area contributed by atoms with Gasteiger partial charge in [-0.05, 0) is 60.4 Å². The second kappa shape index (κ2) is 8.57. The molecule has 30 heavy (non-hydrogen) atoms. The van der Waals surface area contributed by atoms with E-state index in [4.69, 9.17) is 0 Å². The van der Waals surface area contributed by atoms with Crippen LogP contribution in [0.2, 0.25) is 0 Å². The van der Waals surface area contributed by atoms with Gasteiger partial charge in [-0.1, -0.05) is 30.3 Å². The van der Waals surface area contributed by atoms with Gasteiger partial charge in [0.15, 0.2) is 0 Å². The molecule has 0 aliphatic carbocycles. The predicted molar refractivity (Wildman–Crippen MR) is 122 cm³/mol. The summed E-state index contributed by atoms with van der Waals surface area (Å²) in [5, 5.41) is 5.08. The molecule has 1 aliphatic heterocycles. The summed E-state index contributed by atoms with van der Waals surface area (Å²) in [6.07, 6.45) is 3.26. The van der Waals surface area contributed by atoms with Gasteiger partial charge in [-0.3, -0.25) is 9.59 Å². The molecule has 1 fully saturated rings. The summed E-state index contributed by atoms with van der Waals surface area (Å²) in [5.41, 5.74) is 2.70. The number of nitrogens with zero attached hydrogens (tertiary/aromatic N) is 2. The van der Waals surface area contributed by atoms with Gasteiger partial charge in [0.25, 0.3) is 11.8 Å². The van der Waals surface area contributed by atoms with Crippen molar-refractivity contribution in [1.29, 1.82) is 0 Å². The smallest absolute Gasteiger partial charge is 0.256 e. The molecule has 0 atom stereocenters. The molecule has 0 unspecified atom stereocenters. The van der Waals surface area contributed by atoms with Crippen LogP contribution < -0.4 is 10.2 Å². The Bertz CT molecular complexity index is 1080. The Morgan fingerprint density at radius 3 is 2.33 bits per heavy atom. The van der Waals surface area contributed by atoms with Crippen LogP contribution in [0.1, 0.15) is 40.0 Å². The molecule has 0 radical (unpaired) electrons. The Hall–Kier alpha value is -3.34. The quantitative estimate of drug-likeness (QED) is 0.684. The van der Waals surface area contributed by atoms with Crippen molar-refractivity contribution in [2.24, 2.45) is 0 Å². The summed E-state index contributed by atoms with van der Waals surface area (Å²) in [4.78, 5) is 29.9. The van der Waals surface area contributed by atoms with Crippen LogP contribution in [0.4, 0.5) is 11.4 Å². The van der Waals surface area contributed by atoms with Gasteiger partial charge in [-0.15, -0.1) is 0 Å². The number of hydrogen-bond donors (Lipinski definition) is 1. The van der Waals surface area contributed by atoms with Crippen LogP contribution in [-0.4, -0.2) is 43.9 Å². The van der Waals surface area contributed by atoms with Crippen molar-refractivity contribution in [2.45, 2.75) is 19.3 Å². The molecule has 1 heterocycles. The molecule has 0 bridgehead atoms. The van der Waals surface area contributed by atoms with E-state index in [0.29, 0.717) is 16.8 Å². The zero-order valence-corrected chi connectivity index (χ0v) is 17.5. The van der Waals surface area contributed by atoms with Crippen LogP contribution in [0.25, 0.3) is 10.8 Å². The normalized spacial score (nSPS) is 13.9. The lowest BCUT2D eigenvalue weighted by Crippen LogP contribution is -2.36. The number of fused-ring (bicyclic) bond motifs is 1. The van der Waals surface area contributed by atoms with E-state index in [-0.39, 0.29) is 11.8 Å². The molecule has 0 spiro atoms. The fraction of sp³-hybridized carbons (Fsp3) is 0.280. The molecule has 3 aromatic rings. The van der Waals surface area contributed by atoms with Gasteiger partial charge in [-0.2, -0.15) is 0 Å². The van der Waals surface area contributed by atoms with Crippen molar-refractivity contribution in [3.8, 4) is 0 Å². The zero-order valence-electron chi connectivity index (χ0n) is 17.5. The first-order valence-corrected chi connectivity index (χ1v) is 10.4. The maximum atomic E-state index is 13.2. The van der Waals surface area contributed by atoms with E-state index in [2.05, 4.69) is 5.32 Å². The van der Waals surface area contributed by atoms with Gasteiger partial charge in [0.05, 0.1) is 5.56 Å². The number of amides is 2. The maximum Gasteiger partial charge on any atom is 0.256 e. The average Bonchev–Trinajstić information content (AvgIpc) is 2.78. The summed E-state index contributed by atoms with van der Waals surface area (Å²) in [7, 11) is 3.85. The number of nitrogens with one attached hydrogen (secondary N) is 1. The molecule has 5 heteroatoms. The first-order valence-electron chi connectivity index (χ1n) is 10.4. The van der Waals surface area contributed by atoms with Crippen LogP contribution in [0.5, 0.6) is 0 Å². The lowest BCUT2D eigenvalue weighted by atomic mass is 10.1. The SMILES string of the molecule is CN(C)c1ccc(NC(=O)c2ccc3ccccc3c2)cc1C(=O)N1CCCCC1. The fourth-order valence-electron chi connectivity index (χ4n) is 3.98. The minimum absolute atomic E-state index is 0.0280. The number of hydrogen-bond acceptors (Lipinski definition) is 3. The molecule has 3 aromatic carbocycles. The molecule has 5 nitrogen and oxygen atoms in total. The van der Waals surface area contributed by atoms with E-state index in [1.165, 1.54) is 6.42 Å². The van der Waals surface area contributed by atoms with Gasteiger partial charge >= 0.3 is 0 Å². The minimum Gasteiger partial charge on any atom is -0.377 e. The van der Waals surface area contributed by atoms with Gasteiger partial charge in [0.1, 0.15) is 0 Å². The summed E-state index contributed by atoms with van der Waals surface area (Å²) >= 11 is 0. The Morgan fingerprint density at radius 1 is 0.867 bits per heavy atom. The van der Waals surface area contributed by atoms with Crippen molar-refractivity contribution >= 4 is 34.0 Å². The highest BCUT2D eigenvalue weighted by molar-refractivity contribution is 6.08. The van der Waals surface area contributed by atoms with Crippen molar-refractivity contribution in [1.82, 2.24) is 4.90 Å².